The summed E-state index contributed by atoms with van der Waals surface area (Å²) in [6.45, 7) is 9.57. The predicted molar refractivity (Wildman–Crippen MR) is 82.7 cm³/mol. The Kier molecular flexibility index (Phi) is 6.43. The van der Waals surface area contributed by atoms with Crippen molar-refractivity contribution in [3.05, 3.63) is 29.6 Å². The van der Waals surface area contributed by atoms with Crippen LogP contribution in [-0.4, -0.2) is 33.9 Å². The number of ether oxygens (including phenoxy) is 1. The SMILES string of the molecule is COCCNCc1cc(F)ccc1N(C)CC(C)(C)C. The Morgan fingerprint density at radius 1 is 1.30 bits per heavy atom. The highest BCUT2D eigenvalue weighted by Gasteiger charge is 2.16. The van der Waals surface area contributed by atoms with Crippen LogP contribution in [0, 0.1) is 11.2 Å². The molecule has 0 saturated heterocycles. The molecule has 0 bridgehead atoms. The fourth-order valence-electron chi connectivity index (χ4n) is 2.26. The van der Waals surface area contributed by atoms with Crippen molar-refractivity contribution in [2.24, 2.45) is 5.41 Å². The van der Waals surface area contributed by atoms with E-state index in [9.17, 15) is 4.39 Å². The molecule has 1 aromatic carbocycles. The van der Waals surface area contributed by atoms with Crippen molar-refractivity contribution in [1.29, 1.82) is 0 Å². The number of hydrogen-bond donors (Lipinski definition) is 1. The predicted octanol–water partition coefficient (Wildman–Crippen LogP) is 3.04. The highest BCUT2D eigenvalue weighted by Crippen LogP contribution is 2.24. The summed E-state index contributed by atoms with van der Waals surface area (Å²) in [7, 11) is 3.73. The lowest BCUT2D eigenvalue weighted by atomic mass is 9.95. The van der Waals surface area contributed by atoms with Crippen LogP contribution >= 0.6 is 0 Å². The number of halogens is 1. The van der Waals surface area contributed by atoms with Crippen molar-refractivity contribution in [2.45, 2.75) is 27.3 Å². The van der Waals surface area contributed by atoms with Gasteiger partial charge in [-0.1, -0.05) is 20.8 Å². The van der Waals surface area contributed by atoms with Crippen LogP contribution in [0.15, 0.2) is 18.2 Å². The van der Waals surface area contributed by atoms with Gasteiger partial charge in [0, 0.05) is 39.5 Å². The van der Waals surface area contributed by atoms with Gasteiger partial charge in [-0.3, -0.25) is 0 Å². The first-order chi connectivity index (χ1) is 9.33. The minimum atomic E-state index is -0.193. The standard InChI is InChI=1S/C16H27FN2O/c1-16(2,3)12-19(4)15-7-6-14(17)10-13(15)11-18-8-9-20-5/h6-7,10,18H,8-9,11-12H2,1-5H3. The Balaban J connectivity index is 2.78. The quantitative estimate of drug-likeness (QED) is 0.778. The van der Waals surface area contributed by atoms with Crippen molar-refractivity contribution in [3.8, 4) is 0 Å². The summed E-state index contributed by atoms with van der Waals surface area (Å²) in [6, 6.07) is 4.98. The smallest absolute Gasteiger partial charge is 0.123 e. The zero-order valence-corrected chi connectivity index (χ0v) is 13.3. The molecule has 114 valence electrons. The van der Waals surface area contributed by atoms with Gasteiger partial charge in [0.05, 0.1) is 6.61 Å². The number of nitrogens with zero attached hydrogens (tertiary/aromatic N) is 1. The lowest BCUT2D eigenvalue weighted by Gasteiger charge is -2.30. The normalized spacial score (nSPS) is 11.7. The average Bonchev–Trinajstić information content (AvgIpc) is 2.32. The van der Waals surface area contributed by atoms with Gasteiger partial charge in [0.15, 0.2) is 0 Å². The molecule has 0 atom stereocenters. The topological polar surface area (TPSA) is 24.5 Å². The Morgan fingerprint density at radius 2 is 2.00 bits per heavy atom. The van der Waals surface area contributed by atoms with Gasteiger partial charge >= 0.3 is 0 Å². The molecule has 0 aliphatic heterocycles. The Labute approximate surface area is 122 Å². The van der Waals surface area contributed by atoms with Gasteiger partial charge in [0.1, 0.15) is 5.82 Å². The first kappa shape index (κ1) is 16.9. The van der Waals surface area contributed by atoms with Gasteiger partial charge in [-0.05, 0) is 29.2 Å². The fourth-order valence-corrected chi connectivity index (χ4v) is 2.26. The van der Waals surface area contributed by atoms with E-state index in [1.165, 1.54) is 6.07 Å². The number of hydrogen-bond acceptors (Lipinski definition) is 3. The summed E-state index contributed by atoms with van der Waals surface area (Å²) < 4.78 is 18.5. The first-order valence-corrected chi connectivity index (χ1v) is 7.03. The minimum absolute atomic E-state index is 0.193. The van der Waals surface area contributed by atoms with Gasteiger partial charge in [-0.2, -0.15) is 0 Å². The van der Waals surface area contributed by atoms with Gasteiger partial charge in [0.25, 0.3) is 0 Å². The summed E-state index contributed by atoms with van der Waals surface area (Å²) in [5.74, 6) is -0.193. The van der Waals surface area contributed by atoms with E-state index in [0.717, 1.165) is 24.3 Å². The van der Waals surface area contributed by atoms with Crippen LogP contribution in [0.5, 0.6) is 0 Å². The molecule has 1 aromatic rings. The second-order valence-electron chi connectivity index (χ2n) is 6.36. The summed E-state index contributed by atoms with van der Waals surface area (Å²) in [5.41, 5.74) is 2.25. The van der Waals surface area contributed by atoms with Crippen LogP contribution in [-0.2, 0) is 11.3 Å². The molecule has 0 spiro atoms. The van der Waals surface area contributed by atoms with E-state index in [1.807, 2.05) is 6.07 Å². The van der Waals surface area contributed by atoms with Crippen LogP contribution in [0.4, 0.5) is 10.1 Å². The number of benzene rings is 1. The van der Waals surface area contributed by atoms with E-state index < -0.39 is 0 Å². The Bertz CT molecular complexity index is 415. The van der Waals surface area contributed by atoms with Crippen LogP contribution in [0.3, 0.4) is 0 Å². The van der Waals surface area contributed by atoms with E-state index in [1.54, 1.807) is 13.2 Å². The molecule has 1 N–H and O–H groups in total. The largest absolute Gasteiger partial charge is 0.383 e. The zero-order valence-electron chi connectivity index (χ0n) is 13.3. The molecule has 20 heavy (non-hydrogen) atoms. The van der Waals surface area contributed by atoms with Crippen molar-refractivity contribution < 1.29 is 9.13 Å². The zero-order chi connectivity index (χ0) is 15.2. The molecule has 0 saturated carbocycles. The molecule has 0 amide bonds. The minimum Gasteiger partial charge on any atom is -0.383 e. The van der Waals surface area contributed by atoms with Crippen molar-refractivity contribution in [2.75, 3.05) is 38.8 Å². The average molecular weight is 282 g/mol. The second-order valence-corrected chi connectivity index (χ2v) is 6.36. The third-order valence-corrected chi connectivity index (χ3v) is 2.96. The summed E-state index contributed by atoms with van der Waals surface area (Å²) in [5, 5.41) is 3.27. The van der Waals surface area contributed by atoms with Crippen LogP contribution in [0.1, 0.15) is 26.3 Å². The molecular formula is C16H27FN2O. The van der Waals surface area contributed by atoms with Crippen LogP contribution in [0.25, 0.3) is 0 Å². The lowest BCUT2D eigenvalue weighted by Crippen LogP contribution is -2.30. The maximum atomic E-state index is 13.5. The third kappa shape index (κ3) is 5.88. The number of anilines is 1. The maximum Gasteiger partial charge on any atom is 0.123 e. The molecule has 0 heterocycles. The number of rotatable bonds is 7. The van der Waals surface area contributed by atoms with Crippen molar-refractivity contribution >= 4 is 5.69 Å². The van der Waals surface area contributed by atoms with Gasteiger partial charge in [-0.25, -0.2) is 4.39 Å². The summed E-state index contributed by atoms with van der Waals surface area (Å²) >= 11 is 0. The van der Waals surface area contributed by atoms with Gasteiger partial charge in [-0.15, -0.1) is 0 Å². The van der Waals surface area contributed by atoms with Crippen LogP contribution < -0.4 is 10.2 Å². The summed E-state index contributed by atoms with van der Waals surface area (Å²) in [6.07, 6.45) is 0. The molecule has 0 aromatic heterocycles. The van der Waals surface area contributed by atoms with E-state index in [2.05, 4.69) is 38.0 Å². The van der Waals surface area contributed by atoms with Crippen LogP contribution in [0.2, 0.25) is 0 Å². The monoisotopic (exact) mass is 282 g/mol. The van der Waals surface area contributed by atoms with E-state index in [0.29, 0.717) is 13.2 Å². The second kappa shape index (κ2) is 7.60. The molecule has 1 rings (SSSR count). The highest BCUT2D eigenvalue weighted by molar-refractivity contribution is 5.53. The number of nitrogens with one attached hydrogen (secondary N) is 1. The van der Waals surface area contributed by atoms with E-state index in [-0.39, 0.29) is 11.2 Å². The van der Waals surface area contributed by atoms with E-state index in [4.69, 9.17) is 4.74 Å². The molecule has 3 nitrogen and oxygen atoms in total. The van der Waals surface area contributed by atoms with Crippen molar-refractivity contribution in [3.63, 3.8) is 0 Å². The Morgan fingerprint density at radius 3 is 2.60 bits per heavy atom. The molecular weight excluding hydrogens is 255 g/mol. The first-order valence-electron chi connectivity index (χ1n) is 7.03. The molecule has 0 aliphatic carbocycles. The molecule has 0 unspecified atom stereocenters. The molecule has 4 heteroatoms. The molecule has 0 fully saturated rings. The lowest BCUT2D eigenvalue weighted by molar-refractivity contribution is 0.199. The van der Waals surface area contributed by atoms with Gasteiger partial charge < -0.3 is 15.0 Å². The van der Waals surface area contributed by atoms with Crippen molar-refractivity contribution in [1.82, 2.24) is 5.32 Å². The Hall–Kier alpha value is -1.13. The third-order valence-electron chi connectivity index (χ3n) is 2.96. The molecule has 0 radical (unpaired) electrons. The van der Waals surface area contributed by atoms with Gasteiger partial charge in [0.2, 0.25) is 0 Å². The maximum absolute atomic E-state index is 13.5. The highest BCUT2D eigenvalue weighted by atomic mass is 19.1. The van der Waals surface area contributed by atoms with E-state index >= 15 is 0 Å². The fraction of sp³-hybridized carbons (Fsp3) is 0.625. The summed E-state index contributed by atoms with van der Waals surface area (Å²) in [4.78, 5) is 2.19. The number of methoxy groups -OCH3 is 1. The molecule has 0 aliphatic rings.